The Labute approximate surface area is 151 Å². The van der Waals surface area contributed by atoms with Crippen molar-refractivity contribution < 1.29 is 4.92 Å². The number of halogens is 1. The van der Waals surface area contributed by atoms with E-state index in [1.165, 1.54) is 18.2 Å². The zero-order valence-corrected chi connectivity index (χ0v) is 13.8. The molecule has 3 rings (SSSR count). The highest BCUT2D eigenvalue weighted by molar-refractivity contribution is 6.33. The third-order valence-corrected chi connectivity index (χ3v) is 3.56. The Bertz CT molecular complexity index is 987. The van der Waals surface area contributed by atoms with Gasteiger partial charge < -0.3 is 11.5 Å². The van der Waals surface area contributed by atoms with Crippen LogP contribution in [0.2, 0.25) is 5.02 Å². The van der Waals surface area contributed by atoms with E-state index in [1.54, 1.807) is 24.5 Å². The molecule has 10 nitrogen and oxygen atoms in total. The summed E-state index contributed by atoms with van der Waals surface area (Å²) in [6, 6.07) is 7.29. The van der Waals surface area contributed by atoms with Crippen LogP contribution < -0.4 is 11.5 Å². The van der Waals surface area contributed by atoms with Crippen LogP contribution in [0.4, 0.5) is 28.7 Å². The van der Waals surface area contributed by atoms with Gasteiger partial charge >= 0.3 is 0 Å². The van der Waals surface area contributed by atoms with Gasteiger partial charge in [-0.1, -0.05) is 11.6 Å². The molecule has 3 aromatic rings. The Morgan fingerprint density at radius 1 is 1.12 bits per heavy atom. The summed E-state index contributed by atoms with van der Waals surface area (Å²) >= 11 is 5.97. The van der Waals surface area contributed by atoms with Crippen LogP contribution in [0.1, 0.15) is 0 Å². The molecule has 0 atom stereocenters. The highest BCUT2D eigenvalue weighted by Gasteiger charge is 2.13. The fourth-order valence-corrected chi connectivity index (χ4v) is 2.22. The molecule has 0 unspecified atom stereocenters. The highest BCUT2D eigenvalue weighted by Crippen LogP contribution is 2.33. The Hall–Kier alpha value is -3.66. The van der Waals surface area contributed by atoms with Crippen LogP contribution in [-0.2, 0) is 0 Å². The molecular weight excluding hydrogens is 360 g/mol. The molecule has 0 aliphatic carbocycles. The Morgan fingerprint density at radius 2 is 1.85 bits per heavy atom. The molecular formula is C15H11ClN8O2. The number of pyridine rings is 1. The number of anilines is 2. The summed E-state index contributed by atoms with van der Waals surface area (Å²) in [5.74, 6) is 0.358. The van der Waals surface area contributed by atoms with Crippen molar-refractivity contribution in [2.75, 3.05) is 11.5 Å². The van der Waals surface area contributed by atoms with E-state index in [9.17, 15) is 10.1 Å². The summed E-state index contributed by atoms with van der Waals surface area (Å²) in [6.07, 6.45) is 3.19. The maximum Gasteiger partial charge on any atom is 0.271 e. The van der Waals surface area contributed by atoms with Crippen molar-refractivity contribution in [2.45, 2.75) is 0 Å². The highest BCUT2D eigenvalue weighted by atomic mass is 35.5. The summed E-state index contributed by atoms with van der Waals surface area (Å²) in [5, 5.41) is 18.6. The number of non-ortho nitro benzene ring substituents is 1. The molecule has 0 saturated carbocycles. The number of azo groups is 1. The van der Waals surface area contributed by atoms with Gasteiger partial charge in [-0.15, -0.1) is 10.2 Å². The number of hydrogen-bond acceptors (Lipinski definition) is 9. The molecule has 2 heterocycles. The van der Waals surface area contributed by atoms with Gasteiger partial charge in [0, 0.05) is 30.1 Å². The molecule has 2 aromatic heterocycles. The molecule has 0 amide bonds. The maximum absolute atomic E-state index is 10.7. The molecule has 0 radical (unpaired) electrons. The summed E-state index contributed by atoms with van der Waals surface area (Å²) in [4.78, 5) is 22.4. The lowest BCUT2D eigenvalue weighted by atomic mass is 10.2. The van der Waals surface area contributed by atoms with E-state index < -0.39 is 4.92 Å². The summed E-state index contributed by atoms with van der Waals surface area (Å²) < 4.78 is 0. The van der Waals surface area contributed by atoms with Crippen molar-refractivity contribution in [3.8, 4) is 11.4 Å². The standard InChI is InChI=1S/C15H11ClN8O2/c16-10-6-9(24(25)26)3-4-11(10)22-23-12-13(17)20-15(21-14(12)18)8-2-1-5-19-7-8/h1-7H,(H4,17,18,20,21). The SMILES string of the molecule is Nc1nc(-c2cccnc2)nc(N)c1N=Nc1ccc([N+](=O)[O-])cc1Cl. The number of aromatic nitrogens is 3. The molecule has 130 valence electrons. The number of hydrogen-bond donors (Lipinski definition) is 2. The Morgan fingerprint density at radius 3 is 2.42 bits per heavy atom. The van der Waals surface area contributed by atoms with E-state index in [1.807, 2.05) is 0 Å². The first-order valence-corrected chi connectivity index (χ1v) is 7.52. The van der Waals surface area contributed by atoms with Gasteiger partial charge in [0.1, 0.15) is 5.69 Å². The lowest BCUT2D eigenvalue weighted by Crippen LogP contribution is -2.01. The Kier molecular flexibility index (Phi) is 4.67. The molecule has 0 saturated heterocycles. The van der Waals surface area contributed by atoms with Crippen molar-refractivity contribution in [3.05, 3.63) is 57.9 Å². The predicted molar refractivity (Wildman–Crippen MR) is 96.4 cm³/mol. The first-order chi connectivity index (χ1) is 12.5. The number of rotatable bonds is 4. The van der Waals surface area contributed by atoms with Gasteiger partial charge in [0.15, 0.2) is 23.1 Å². The molecule has 1 aromatic carbocycles. The predicted octanol–water partition coefficient (Wildman–Crippen LogP) is 3.68. The summed E-state index contributed by atoms with van der Waals surface area (Å²) in [5.41, 5.74) is 12.6. The van der Waals surface area contributed by atoms with Crippen LogP contribution in [0.25, 0.3) is 11.4 Å². The largest absolute Gasteiger partial charge is 0.382 e. The number of nitrogens with zero attached hydrogens (tertiary/aromatic N) is 6. The first kappa shape index (κ1) is 17.2. The van der Waals surface area contributed by atoms with Crippen LogP contribution in [0.3, 0.4) is 0 Å². The molecule has 11 heteroatoms. The van der Waals surface area contributed by atoms with E-state index in [2.05, 4.69) is 25.2 Å². The average Bonchev–Trinajstić information content (AvgIpc) is 2.62. The molecule has 0 fully saturated rings. The first-order valence-electron chi connectivity index (χ1n) is 7.15. The topological polar surface area (TPSA) is 159 Å². The van der Waals surface area contributed by atoms with Crippen LogP contribution >= 0.6 is 11.6 Å². The van der Waals surface area contributed by atoms with Gasteiger partial charge in [0.25, 0.3) is 5.69 Å². The lowest BCUT2D eigenvalue weighted by molar-refractivity contribution is -0.384. The molecule has 26 heavy (non-hydrogen) atoms. The molecule has 0 aliphatic rings. The number of nitrogens with two attached hydrogens (primary N) is 2. The molecule has 4 N–H and O–H groups in total. The third kappa shape index (κ3) is 3.54. The normalized spacial score (nSPS) is 11.0. The Balaban J connectivity index is 1.93. The zero-order chi connectivity index (χ0) is 18.7. The van der Waals surface area contributed by atoms with Crippen LogP contribution in [0, 0.1) is 10.1 Å². The number of nitrogen functional groups attached to an aromatic ring is 2. The minimum atomic E-state index is -0.562. The third-order valence-electron chi connectivity index (χ3n) is 3.26. The van der Waals surface area contributed by atoms with E-state index in [4.69, 9.17) is 23.1 Å². The van der Waals surface area contributed by atoms with Gasteiger partial charge in [-0.3, -0.25) is 15.1 Å². The maximum atomic E-state index is 10.7. The number of nitro benzene ring substituents is 1. The van der Waals surface area contributed by atoms with Gasteiger partial charge in [-0.05, 0) is 18.2 Å². The second-order valence-corrected chi connectivity index (χ2v) is 5.41. The van der Waals surface area contributed by atoms with Crippen molar-refractivity contribution in [2.24, 2.45) is 10.2 Å². The van der Waals surface area contributed by atoms with Crippen LogP contribution in [-0.4, -0.2) is 19.9 Å². The average molecular weight is 371 g/mol. The summed E-state index contributed by atoms with van der Waals surface area (Å²) in [6.45, 7) is 0. The van der Waals surface area contributed by atoms with Crippen molar-refractivity contribution >= 4 is 40.3 Å². The monoisotopic (exact) mass is 370 g/mol. The second kappa shape index (κ2) is 7.07. The van der Waals surface area contributed by atoms with Gasteiger partial charge in [0.2, 0.25) is 0 Å². The van der Waals surface area contributed by atoms with Gasteiger partial charge in [-0.2, -0.15) is 0 Å². The van der Waals surface area contributed by atoms with Crippen molar-refractivity contribution in [1.29, 1.82) is 0 Å². The van der Waals surface area contributed by atoms with Crippen molar-refractivity contribution in [1.82, 2.24) is 15.0 Å². The fraction of sp³-hybridized carbons (Fsp3) is 0. The van der Waals surface area contributed by atoms with E-state index >= 15 is 0 Å². The van der Waals surface area contributed by atoms with Gasteiger partial charge in [-0.25, -0.2) is 9.97 Å². The van der Waals surface area contributed by atoms with Crippen LogP contribution in [0.15, 0.2) is 53.0 Å². The number of benzene rings is 1. The molecule has 0 bridgehead atoms. The van der Waals surface area contributed by atoms with Gasteiger partial charge in [0.05, 0.1) is 9.95 Å². The van der Waals surface area contributed by atoms with Crippen molar-refractivity contribution in [3.63, 3.8) is 0 Å². The van der Waals surface area contributed by atoms with E-state index in [-0.39, 0.29) is 33.7 Å². The zero-order valence-electron chi connectivity index (χ0n) is 13.1. The van der Waals surface area contributed by atoms with E-state index in [0.29, 0.717) is 11.4 Å². The molecule has 0 aliphatic heterocycles. The van der Waals surface area contributed by atoms with Crippen LogP contribution in [0.5, 0.6) is 0 Å². The minimum absolute atomic E-state index is 0.0261. The fourth-order valence-electron chi connectivity index (χ4n) is 2.01. The minimum Gasteiger partial charge on any atom is -0.382 e. The number of nitro groups is 1. The second-order valence-electron chi connectivity index (χ2n) is 5.00. The lowest BCUT2D eigenvalue weighted by Gasteiger charge is -2.06. The quantitative estimate of drug-likeness (QED) is 0.402. The smallest absolute Gasteiger partial charge is 0.271 e. The van der Waals surface area contributed by atoms with E-state index in [0.717, 1.165) is 0 Å². The molecule has 0 spiro atoms. The summed E-state index contributed by atoms with van der Waals surface area (Å²) in [7, 11) is 0.